The van der Waals surface area contributed by atoms with Crippen LogP contribution in [0.3, 0.4) is 0 Å². The van der Waals surface area contributed by atoms with Crippen molar-refractivity contribution in [1.29, 1.82) is 0 Å². The number of hydrogen-bond donors (Lipinski definition) is 2. The first kappa shape index (κ1) is 16.7. The molecule has 1 unspecified atom stereocenters. The molecule has 0 fully saturated rings. The van der Waals surface area contributed by atoms with Crippen LogP contribution in [0.25, 0.3) is 0 Å². The van der Waals surface area contributed by atoms with E-state index < -0.39 is 12.0 Å². The Balaban J connectivity index is 2.05. The lowest BCUT2D eigenvalue weighted by atomic mass is 9.99. The molecule has 2 aromatic carbocycles. The standard InChI is InChI=1S/C19H21NO3/c1-13-7-6-8-14(2)16(13)12-18(21)20-17(19(22)23)11-15-9-4-3-5-10-15/h3-10,17H,11-12H2,1-2H3,(H,20,21)(H,22,23). The van der Waals surface area contributed by atoms with E-state index in [4.69, 9.17) is 0 Å². The smallest absolute Gasteiger partial charge is 0.326 e. The van der Waals surface area contributed by atoms with E-state index in [0.29, 0.717) is 0 Å². The van der Waals surface area contributed by atoms with E-state index in [0.717, 1.165) is 22.3 Å². The molecule has 0 heterocycles. The molecule has 0 bridgehead atoms. The molecule has 1 amide bonds. The van der Waals surface area contributed by atoms with Crippen LogP contribution in [0.2, 0.25) is 0 Å². The Bertz CT molecular complexity index is 675. The molecule has 23 heavy (non-hydrogen) atoms. The second-order valence-corrected chi connectivity index (χ2v) is 5.70. The maximum absolute atomic E-state index is 12.2. The lowest BCUT2D eigenvalue weighted by Gasteiger charge is -2.16. The van der Waals surface area contributed by atoms with Crippen molar-refractivity contribution in [3.8, 4) is 0 Å². The first-order chi connectivity index (χ1) is 11.0. The quantitative estimate of drug-likeness (QED) is 0.862. The minimum atomic E-state index is -1.02. The lowest BCUT2D eigenvalue weighted by Crippen LogP contribution is -2.43. The van der Waals surface area contributed by atoms with Crippen molar-refractivity contribution >= 4 is 11.9 Å². The topological polar surface area (TPSA) is 66.4 Å². The van der Waals surface area contributed by atoms with Gasteiger partial charge in [-0.2, -0.15) is 0 Å². The third-order valence-electron chi connectivity index (χ3n) is 3.90. The number of hydrogen-bond acceptors (Lipinski definition) is 2. The molecule has 0 saturated carbocycles. The van der Waals surface area contributed by atoms with Gasteiger partial charge in [-0.05, 0) is 36.1 Å². The number of carbonyl (C=O) groups is 2. The van der Waals surface area contributed by atoms with Crippen LogP contribution in [0.4, 0.5) is 0 Å². The summed E-state index contributed by atoms with van der Waals surface area (Å²) in [6.45, 7) is 3.91. The van der Waals surface area contributed by atoms with Crippen LogP contribution in [0, 0.1) is 13.8 Å². The van der Waals surface area contributed by atoms with Gasteiger partial charge in [-0.15, -0.1) is 0 Å². The highest BCUT2D eigenvalue weighted by Gasteiger charge is 2.21. The molecule has 2 N–H and O–H groups in total. The third kappa shape index (κ3) is 4.68. The van der Waals surface area contributed by atoms with Gasteiger partial charge in [0.25, 0.3) is 0 Å². The van der Waals surface area contributed by atoms with Gasteiger partial charge in [-0.3, -0.25) is 4.79 Å². The van der Waals surface area contributed by atoms with Gasteiger partial charge in [0.2, 0.25) is 5.91 Å². The van der Waals surface area contributed by atoms with E-state index in [1.165, 1.54) is 0 Å². The van der Waals surface area contributed by atoms with E-state index >= 15 is 0 Å². The Morgan fingerprint density at radius 2 is 1.61 bits per heavy atom. The zero-order chi connectivity index (χ0) is 16.8. The Morgan fingerprint density at radius 1 is 1.00 bits per heavy atom. The van der Waals surface area contributed by atoms with Crippen molar-refractivity contribution in [1.82, 2.24) is 5.32 Å². The molecule has 2 aromatic rings. The number of rotatable bonds is 6. The maximum Gasteiger partial charge on any atom is 0.326 e. The summed E-state index contributed by atoms with van der Waals surface area (Å²) in [5.74, 6) is -1.30. The summed E-state index contributed by atoms with van der Waals surface area (Å²) >= 11 is 0. The van der Waals surface area contributed by atoms with Crippen LogP contribution >= 0.6 is 0 Å². The predicted octanol–water partition coefficient (Wildman–Crippen LogP) is 2.66. The highest BCUT2D eigenvalue weighted by Crippen LogP contribution is 2.14. The fraction of sp³-hybridized carbons (Fsp3) is 0.263. The molecular weight excluding hydrogens is 290 g/mol. The van der Waals surface area contributed by atoms with Crippen LogP contribution in [-0.4, -0.2) is 23.0 Å². The Labute approximate surface area is 136 Å². The molecule has 4 heteroatoms. The summed E-state index contributed by atoms with van der Waals surface area (Å²) < 4.78 is 0. The van der Waals surface area contributed by atoms with Crippen molar-refractivity contribution < 1.29 is 14.7 Å². The van der Waals surface area contributed by atoms with Gasteiger partial charge in [0.15, 0.2) is 0 Å². The predicted molar refractivity (Wildman–Crippen MR) is 89.3 cm³/mol. The van der Waals surface area contributed by atoms with Crippen molar-refractivity contribution in [2.75, 3.05) is 0 Å². The summed E-state index contributed by atoms with van der Waals surface area (Å²) in [5.41, 5.74) is 3.91. The summed E-state index contributed by atoms with van der Waals surface area (Å²) in [6, 6.07) is 14.2. The van der Waals surface area contributed by atoms with E-state index in [1.807, 2.05) is 62.4 Å². The van der Waals surface area contributed by atoms with Crippen LogP contribution in [0.15, 0.2) is 48.5 Å². The largest absolute Gasteiger partial charge is 0.480 e. The van der Waals surface area contributed by atoms with Crippen molar-refractivity contribution in [3.05, 3.63) is 70.8 Å². The highest BCUT2D eigenvalue weighted by atomic mass is 16.4. The highest BCUT2D eigenvalue weighted by molar-refractivity contribution is 5.85. The molecular formula is C19H21NO3. The van der Waals surface area contributed by atoms with Gasteiger partial charge in [0.1, 0.15) is 6.04 Å². The first-order valence-corrected chi connectivity index (χ1v) is 7.58. The van der Waals surface area contributed by atoms with Crippen LogP contribution in [-0.2, 0) is 22.4 Å². The number of carboxylic acid groups (broad SMARTS) is 1. The summed E-state index contributed by atoms with van der Waals surface area (Å²) in [5, 5.41) is 12.0. The van der Waals surface area contributed by atoms with Gasteiger partial charge >= 0.3 is 5.97 Å². The second-order valence-electron chi connectivity index (χ2n) is 5.70. The minimum Gasteiger partial charge on any atom is -0.480 e. The van der Waals surface area contributed by atoms with Crippen LogP contribution in [0.1, 0.15) is 22.3 Å². The van der Waals surface area contributed by atoms with Gasteiger partial charge in [-0.25, -0.2) is 4.79 Å². The molecule has 0 saturated heterocycles. The minimum absolute atomic E-state index is 0.192. The number of benzene rings is 2. The Morgan fingerprint density at radius 3 is 2.17 bits per heavy atom. The summed E-state index contributed by atoms with van der Waals surface area (Å²) in [4.78, 5) is 23.7. The van der Waals surface area contributed by atoms with E-state index in [2.05, 4.69) is 5.32 Å². The monoisotopic (exact) mass is 311 g/mol. The molecule has 4 nitrogen and oxygen atoms in total. The van der Waals surface area contributed by atoms with E-state index in [9.17, 15) is 14.7 Å². The van der Waals surface area contributed by atoms with Crippen molar-refractivity contribution in [3.63, 3.8) is 0 Å². The third-order valence-corrected chi connectivity index (χ3v) is 3.90. The molecule has 0 aliphatic heterocycles. The summed E-state index contributed by atoms with van der Waals surface area (Å²) in [6.07, 6.45) is 0.464. The molecule has 1 atom stereocenters. The average molecular weight is 311 g/mol. The van der Waals surface area contributed by atoms with Gasteiger partial charge in [0.05, 0.1) is 6.42 Å². The Kier molecular flexibility index (Phi) is 5.52. The van der Waals surface area contributed by atoms with Crippen molar-refractivity contribution in [2.45, 2.75) is 32.7 Å². The second kappa shape index (κ2) is 7.58. The molecule has 2 rings (SSSR count). The number of nitrogens with one attached hydrogen (secondary N) is 1. The molecule has 0 aliphatic rings. The number of carbonyl (C=O) groups excluding carboxylic acids is 1. The molecule has 0 spiro atoms. The first-order valence-electron chi connectivity index (χ1n) is 7.58. The normalized spacial score (nSPS) is 11.7. The zero-order valence-corrected chi connectivity index (χ0v) is 13.4. The molecule has 0 radical (unpaired) electrons. The van der Waals surface area contributed by atoms with Gasteiger partial charge in [0, 0.05) is 6.42 Å². The van der Waals surface area contributed by atoms with Crippen LogP contribution in [0.5, 0.6) is 0 Å². The van der Waals surface area contributed by atoms with Crippen LogP contribution < -0.4 is 5.32 Å². The number of carboxylic acids is 1. The number of amides is 1. The van der Waals surface area contributed by atoms with E-state index in [1.54, 1.807) is 0 Å². The van der Waals surface area contributed by atoms with E-state index in [-0.39, 0.29) is 18.7 Å². The van der Waals surface area contributed by atoms with Gasteiger partial charge in [-0.1, -0.05) is 48.5 Å². The van der Waals surface area contributed by atoms with Gasteiger partial charge < -0.3 is 10.4 Å². The fourth-order valence-electron chi connectivity index (χ4n) is 2.58. The Hall–Kier alpha value is -2.62. The fourth-order valence-corrected chi connectivity index (χ4v) is 2.58. The lowest BCUT2D eigenvalue weighted by molar-refractivity contribution is -0.141. The van der Waals surface area contributed by atoms with Crippen molar-refractivity contribution in [2.24, 2.45) is 0 Å². The number of aryl methyl sites for hydroxylation is 2. The molecule has 0 aromatic heterocycles. The maximum atomic E-state index is 12.2. The molecule has 0 aliphatic carbocycles. The SMILES string of the molecule is Cc1cccc(C)c1CC(=O)NC(Cc1ccccc1)C(=O)O. The summed E-state index contributed by atoms with van der Waals surface area (Å²) in [7, 11) is 0. The average Bonchev–Trinajstić information content (AvgIpc) is 2.51. The molecule has 120 valence electrons. The number of aliphatic carboxylic acids is 1. The zero-order valence-electron chi connectivity index (χ0n) is 13.4.